The van der Waals surface area contributed by atoms with E-state index in [9.17, 15) is 19.5 Å². The summed E-state index contributed by atoms with van der Waals surface area (Å²) in [6.07, 6.45) is 1.57. The Balaban J connectivity index is 1.92. The molecule has 0 aromatic carbocycles. The standard InChI is InChI=1S/C11H13N5O4S/c1-11(4-15-5(9(12)18)3-13-14-15)8(10(19)20)16-6(17)2-7(16)21-11/h3,7-8H,2,4H2,1H3,(H2,12,18)(H,19,20). The van der Waals surface area contributed by atoms with Gasteiger partial charge in [0.1, 0.15) is 11.7 Å². The average molecular weight is 311 g/mol. The predicted octanol–water partition coefficient (Wildman–Crippen LogP) is -1.11. The third-order valence-electron chi connectivity index (χ3n) is 3.78. The zero-order chi connectivity index (χ0) is 15.4. The molecule has 0 aliphatic carbocycles. The van der Waals surface area contributed by atoms with Gasteiger partial charge in [0.15, 0.2) is 0 Å². The van der Waals surface area contributed by atoms with Crippen LogP contribution in [0, 0.1) is 0 Å². The molecule has 0 saturated carbocycles. The van der Waals surface area contributed by atoms with Gasteiger partial charge < -0.3 is 15.7 Å². The number of thioether (sulfide) groups is 1. The Kier molecular flexibility index (Phi) is 2.94. The summed E-state index contributed by atoms with van der Waals surface area (Å²) in [4.78, 5) is 35.9. The van der Waals surface area contributed by atoms with Crippen LogP contribution in [0.5, 0.6) is 0 Å². The molecule has 2 fully saturated rings. The Morgan fingerprint density at radius 1 is 1.62 bits per heavy atom. The molecule has 3 heterocycles. The van der Waals surface area contributed by atoms with Crippen molar-refractivity contribution in [1.29, 1.82) is 0 Å². The highest BCUT2D eigenvalue weighted by Crippen LogP contribution is 2.51. The average Bonchev–Trinajstić information content (AvgIpc) is 2.90. The molecular weight excluding hydrogens is 298 g/mol. The lowest BCUT2D eigenvalue weighted by Gasteiger charge is -2.36. The summed E-state index contributed by atoms with van der Waals surface area (Å²) >= 11 is 1.41. The molecule has 2 saturated heterocycles. The number of carboxylic acids is 1. The van der Waals surface area contributed by atoms with E-state index in [-0.39, 0.29) is 23.5 Å². The van der Waals surface area contributed by atoms with Gasteiger partial charge in [0.05, 0.1) is 29.3 Å². The van der Waals surface area contributed by atoms with Crippen molar-refractivity contribution >= 4 is 29.5 Å². The van der Waals surface area contributed by atoms with Crippen LogP contribution in [0.3, 0.4) is 0 Å². The number of nitrogens with two attached hydrogens (primary N) is 1. The normalized spacial score (nSPS) is 30.9. The summed E-state index contributed by atoms with van der Waals surface area (Å²) in [6.45, 7) is 1.88. The highest BCUT2D eigenvalue weighted by Gasteiger charge is 2.60. The van der Waals surface area contributed by atoms with Crippen molar-refractivity contribution in [2.75, 3.05) is 0 Å². The summed E-state index contributed by atoms with van der Waals surface area (Å²) in [7, 11) is 0. The van der Waals surface area contributed by atoms with Crippen LogP contribution >= 0.6 is 11.8 Å². The second-order valence-electron chi connectivity index (χ2n) is 5.27. The molecule has 0 bridgehead atoms. The summed E-state index contributed by atoms with van der Waals surface area (Å²) < 4.78 is 0.488. The van der Waals surface area contributed by atoms with Crippen LogP contribution in [0.25, 0.3) is 0 Å². The van der Waals surface area contributed by atoms with Crippen molar-refractivity contribution in [1.82, 2.24) is 19.9 Å². The molecule has 10 heteroatoms. The molecular formula is C11H13N5O4S. The lowest BCUT2D eigenvalue weighted by molar-refractivity contribution is -0.157. The van der Waals surface area contributed by atoms with Crippen LogP contribution < -0.4 is 5.73 Å². The molecule has 9 nitrogen and oxygen atoms in total. The van der Waals surface area contributed by atoms with Crippen LogP contribution in [0.1, 0.15) is 23.8 Å². The van der Waals surface area contributed by atoms with Gasteiger partial charge in [-0.25, -0.2) is 9.48 Å². The number of nitrogens with zero attached hydrogens (tertiary/aromatic N) is 4. The number of carbonyl (C=O) groups excluding carboxylic acids is 2. The molecule has 21 heavy (non-hydrogen) atoms. The van der Waals surface area contributed by atoms with Crippen molar-refractivity contribution in [3.05, 3.63) is 11.9 Å². The zero-order valence-electron chi connectivity index (χ0n) is 11.1. The van der Waals surface area contributed by atoms with E-state index >= 15 is 0 Å². The van der Waals surface area contributed by atoms with Gasteiger partial charge in [-0.2, -0.15) is 0 Å². The smallest absolute Gasteiger partial charge is 0.327 e. The molecule has 0 spiro atoms. The number of β-lactam (4-membered cyclic amide) rings is 1. The van der Waals surface area contributed by atoms with Gasteiger partial charge in [-0.1, -0.05) is 5.21 Å². The van der Waals surface area contributed by atoms with Gasteiger partial charge in [0, 0.05) is 0 Å². The maximum Gasteiger partial charge on any atom is 0.327 e. The lowest BCUT2D eigenvalue weighted by atomic mass is 9.96. The topological polar surface area (TPSA) is 131 Å². The molecule has 3 rings (SSSR count). The predicted molar refractivity (Wildman–Crippen MR) is 71.2 cm³/mol. The quantitative estimate of drug-likeness (QED) is 0.674. The highest BCUT2D eigenvalue weighted by atomic mass is 32.2. The lowest BCUT2D eigenvalue weighted by Crippen LogP contribution is -2.58. The summed E-state index contributed by atoms with van der Waals surface area (Å²) in [5.41, 5.74) is 5.34. The van der Waals surface area contributed by atoms with Crippen LogP contribution in [-0.4, -0.2) is 58.9 Å². The molecule has 3 N–H and O–H groups in total. The minimum atomic E-state index is -1.07. The van der Waals surface area contributed by atoms with E-state index in [0.29, 0.717) is 6.42 Å². The minimum Gasteiger partial charge on any atom is -0.480 e. The third kappa shape index (κ3) is 1.97. The largest absolute Gasteiger partial charge is 0.480 e. The number of fused-ring (bicyclic) bond motifs is 1. The van der Waals surface area contributed by atoms with Crippen molar-refractivity contribution < 1.29 is 19.5 Å². The molecule has 0 radical (unpaired) electrons. The van der Waals surface area contributed by atoms with Gasteiger partial charge in [-0.05, 0) is 6.92 Å². The second-order valence-corrected chi connectivity index (χ2v) is 6.98. The number of hydrogen-bond donors (Lipinski definition) is 2. The Labute approximate surface area is 123 Å². The van der Waals surface area contributed by atoms with Gasteiger partial charge in [0.2, 0.25) is 5.91 Å². The molecule has 2 amide bonds. The van der Waals surface area contributed by atoms with E-state index in [1.807, 2.05) is 0 Å². The number of aromatic nitrogens is 3. The monoisotopic (exact) mass is 311 g/mol. The first kappa shape index (κ1) is 13.9. The van der Waals surface area contributed by atoms with Gasteiger partial charge >= 0.3 is 5.97 Å². The van der Waals surface area contributed by atoms with Crippen molar-refractivity contribution in [3.63, 3.8) is 0 Å². The molecule has 2 aliphatic rings. The van der Waals surface area contributed by atoms with Crippen LogP contribution in [0.2, 0.25) is 0 Å². The molecule has 3 atom stereocenters. The first-order valence-corrected chi connectivity index (χ1v) is 7.11. The summed E-state index contributed by atoms with van der Waals surface area (Å²) in [5.74, 6) is -1.92. The van der Waals surface area contributed by atoms with Crippen LogP contribution in [0.4, 0.5) is 0 Å². The van der Waals surface area contributed by atoms with Gasteiger partial charge in [-0.3, -0.25) is 9.59 Å². The maximum atomic E-state index is 11.6. The van der Waals surface area contributed by atoms with Crippen molar-refractivity contribution in [2.24, 2.45) is 5.73 Å². The Bertz CT molecular complexity index is 646. The van der Waals surface area contributed by atoms with Gasteiger partial charge in [0.25, 0.3) is 5.91 Å². The fourth-order valence-corrected chi connectivity index (χ4v) is 4.59. The van der Waals surface area contributed by atoms with Crippen molar-refractivity contribution in [3.8, 4) is 0 Å². The number of carbonyl (C=O) groups is 3. The highest BCUT2D eigenvalue weighted by molar-refractivity contribution is 8.01. The Morgan fingerprint density at radius 2 is 2.33 bits per heavy atom. The Hall–Kier alpha value is -2.10. The number of aliphatic carboxylic acids is 1. The van der Waals surface area contributed by atoms with E-state index in [1.54, 1.807) is 6.92 Å². The number of amides is 2. The van der Waals surface area contributed by atoms with E-state index in [1.165, 1.54) is 27.5 Å². The van der Waals surface area contributed by atoms with E-state index in [2.05, 4.69) is 10.3 Å². The molecule has 112 valence electrons. The third-order valence-corrected chi connectivity index (χ3v) is 5.33. The zero-order valence-corrected chi connectivity index (χ0v) is 11.9. The fraction of sp³-hybridized carbons (Fsp3) is 0.545. The molecule has 2 aliphatic heterocycles. The molecule has 1 aromatic rings. The SMILES string of the molecule is CC1(Cn2nncc2C(N)=O)SC2CC(=O)N2C1C(=O)O. The maximum absolute atomic E-state index is 11.6. The van der Waals surface area contributed by atoms with Crippen molar-refractivity contribution in [2.45, 2.75) is 36.1 Å². The van der Waals surface area contributed by atoms with Crippen LogP contribution in [0.15, 0.2) is 6.20 Å². The summed E-state index contributed by atoms with van der Waals surface area (Å²) in [6, 6.07) is -0.960. The number of primary amides is 1. The molecule has 3 unspecified atom stereocenters. The molecule has 1 aromatic heterocycles. The van der Waals surface area contributed by atoms with Gasteiger partial charge in [-0.15, -0.1) is 16.9 Å². The number of hydrogen-bond acceptors (Lipinski definition) is 6. The first-order valence-electron chi connectivity index (χ1n) is 6.23. The van der Waals surface area contributed by atoms with E-state index < -0.39 is 22.7 Å². The second kappa shape index (κ2) is 4.45. The number of rotatable bonds is 4. The van der Waals surface area contributed by atoms with E-state index in [0.717, 1.165) is 0 Å². The first-order chi connectivity index (χ1) is 9.83. The fourth-order valence-electron chi connectivity index (χ4n) is 2.85. The van der Waals surface area contributed by atoms with E-state index in [4.69, 9.17) is 5.73 Å². The minimum absolute atomic E-state index is 0.113. The number of carboxylic acid groups (broad SMARTS) is 1. The summed E-state index contributed by atoms with van der Waals surface area (Å²) in [5, 5.41) is 16.7. The van der Waals surface area contributed by atoms with Crippen LogP contribution in [-0.2, 0) is 16.1 Å². The Morgan fingerprint density at radius 3 is 2.90 bits per heavy atom.